The zero-order valence-corrected chi connectivity index (χ0v) is 12.0. The first kappa shape index (κ1) is 14.8. The summed E-state index contributed by atoms with van der Waals surface area (Å²) >= 11 is 0. The average Bonchev–Trinajstić information content (AvgIpc) is 2.42. The van der Waals surface area contributed by atoms with E-state index in [0.29, 0.717) is 0 Å². The highest BCUT2D eigenvalue weighted by Gasteiger charge is 2.05. The van der Waals surface area contributed by atoms with Crippen LogP contribution in [0.3, 0.4) is 0 Å². The predicted molar refractivity (Wildman–Crippen MR) is 75.7 cm³/mol. The van der Waals surface area contributed by atoms with Gasteiger partial charge in [0, 0.05) is 6.54 Å². The summed E-state index contributed by atoms with van der Waals surface area (Å²) in [5.41, 5.74) is 1.29. The largest absolute Gasteiger partial charge is 0.493 e. The number of benzene rings is 1. The molecule has 0 unspecified atom stereocenters. The molecule has 0 amide bonds. The minimum Gasteiger partial charge on any atom is -0.493 e. The minimum atomic E-state index is 0.792. The molecule has 0 radical (unpaired) electrons. The van der Waals surface area contributed by atoms with E-state index in [1.165, 1.54) is 24.9 Å². The Labute approximate surface area is 111 Å². The molecule has 1 aromatic carbocycles. The Balaban J connectivity index is 2.52. The molecule has 0 saturated heterocycles. The molecule has 0 heterocycles. The van der Waals surface area contributed by atoms with E-state index < -0.39 is 0 Å². The number of hydrogen-bond acceptors (Lipinski definition) is 3. The Morgan fingerprint density at radius 2 is 1.78 bits per heavy atom. The lowest BCUT2D eigenvalue weighted by Gasteiger charge is -2.16. The Morgan fingerprint density at radius 3 is 2.39 bits per heavy atom. The van der Waals surface area contributed by atoms with E-state index in [-0.39, 0.29) is 0 Å². The van der Waals surface area contributed by atoms with Gasteiger partial charge in [-0.1, -0.05) is 19.4 Å². The molecule has 1 rings (SSSR count). The van der Waals surface area contributed by atoms with Crippen LogP contribution in [0.15, 0.2) is 18.2 Å². The van der Waals surface area contributed by atoms with Crippen LogP contribution < -0.4 is 9.47 Å². The van der Waals surface area contributed by atoms with Crippen molar-refractivity contribution in [2.75, 3.05) is 34.4 Å². The van der Waals surface area contributed by atoms with Crippen LogP contribution in [0, 0.1) is 0 Å². The van der Waals surface area contributed by atoms with Gasteiger partial charge in [0.15, 0.2) is 11.5 Å². The highest BCUT2D eigenvalue weighted by Crippen LogP contribution is 2.27. The van der Waals surface area contributed by atoms with Crippen LogP contribution in [0.25, 0.3) is 0 Å². The SMILES string of the molecule is CCCCN(C)CCc1ccc(OC)c(OC)c1. The van der Waals surface area contributed by atoms with Crippen LogP contribution in [0.2, 0.25) is 0 Å². The van der Waals surface area contributed by atoms with E-state index in [2.05, 4.69) is 31.0 Å². The van der Waals surface area contributed by atoms with Gasteiger partial charge in [0.05, 0.1) is 14.2 Å². The maximum absolute atomic E-state index is 5.31. The molecule has 3 nitrogen and oxygen atoms in total. The molecule has 0 spiro atoms. The first-order valence-electron chi connectivity index (χ1n) is 6.60. The lowest BCUT2D eigenvalue weighted by molar-refractivity contribution is 0.331. The predicted octanol–water partition coefficient (Wildman–Crippen LogP) is 2.98. The van der Waals surface area contributed by atoms with Crippen LogP contribution in [0.4, 0.5) is 0 Å². The number of rotatable bonds is 8. The number of ether oxygens (including phenoxy) is 2. The molecular formula is C15H25NO2. The number of methoxy groups -OCH3 is 2. The molecule has 0 atom stereocenters. The molecule has 0 saturated carbocycles. The van der Waals surface area contributed by atoms with Crippen molar-refractivity contribution in [3.8, 4) is 11.5 Å². The Hall–Kier alpha value is -1.22. The van der Waals surface area contributed by atoms with Crippen LogP contribution in [0.1, 0.15) is 25.3 Å². The van der Waals surface area contributed by atoms with E-state index in [9.17, 15) is 0 Å². The standard InChI is InChI=1S/C15H25NO2/c1-5-6-10-16(2)11-9-13-7-8-14(17-3)15(12-13)18-4/h7-8,12H,5-6,9-11H2,1-4H3. The molecule has 0 aliphatic rings. The molecule has 0 aromatic heterocycles. The fourth-order valence-corrected chi connectivity index (χ4v) is 1.90. The quantitative estimate of drug-likeness (QED) is 0.709. The van der Waals surface area contributed by atoms with Crippen molar-refractivity contribution in [2.45, 2.75) is 26.2 Å². The van der Waals surface area contributed by atoms with Gasteiger partial charge in [-0.05, 0) is 44.1 Å². The zero-order valence-electron chi connectivity index (χ0n) is 12.0. The topological polar surface area (TPSA) is 21.7 Å². The highest BCUT2D eigenvalue weighted by molar-refractivity contribution is 5.42. The van der Waals surface area contributed by atoms with E-state index in [4.69, 9.17) is 9.47 Å². The van der Waals surface area contributed by atoms with Crippen molar-refractivity contribution >= 4 is 0 Å². The van der Waals surface area contributed by atoms with E-state index >= 15 is 0 Å². The van der Waals surface area contributed by atoms with Gasteiger partial charge in [-0.15, -0.1) is 0 Å². The third-order valence-corrected chi connectivity index (χ3v) is 3.12. The smallest absolute Gasteiger partial charge is 0.160 e. The first-order valence-corrected chi connectivity index (χ1v) is 6.60. The van der Waals surface area contributed by atoms with Crippen LogP contribution in [-0.2, 0) is 6.42 Å². The fourth-order valence-electron chi connectivity index (χ4n) is 1.90. The molecule has 3 heteroatoms. The summed E-state index contributed by atoms with van der Waals surface area (Å²) in [4.78, 5) is 2.38. The zero-order chi connectivity index (χ0) is 13.4. The maximum Gasteiger partial charge on any atom is 0.160 e. The summed E-state index contributed by atoms with van der Waals surface area (Å²) in [6.07, 6.45) is 3.56. The van der Waals surface area contributed by atoms with Gasteiger partial charge in [-0.3, -0.25) is 0 Å². The molecule has 0 aliphatic carbocycles. The second-order valence-corrected chi connectivity index (χ2v) is 4.60. The van der Waals surface area contributed by atoms with Crippen LogP contribution >= 0.6 is 0 Å². The Kier molecular flexibility index (Phi) is 6.58. The first-order chi connectivity index (χ1) is 8.71. The summed E-state index contributed by atoms with van der Waals surface area (Å²) in [5, 5.41) is 0. The molecule has 18 heavy (non-hydrogen) atoms. The van der Waals surface area contributed by atoms with Crippen molar-refractivity contribution in [1.29, 1.82) is 0 Å². The molecule has 0 fully saturated rings. The van der Waals surface area contributed by atoms with E-state index in [0.717, 1.165) is 24.5 Å². The van der Waals surface area contributed by atoms with Gasteiger partial charge in [0.1, 0.15) is 0 Å². The molecule has 0 aliphatic heterocycles. The fraction of sp³-hybridized carbons (Fsp3) is 0.600. The van der Waals surface area contributed by atoms with Crippen molar-refractivity contribution in [3.63, 3.8) is 0 Å². The average molecular weight is 251 g/mol. The van der Waals surface area contributed by atoms with Gasteiger partial charge >= 0.3 is 0 Å². The minimum absolute atomic E-state index is 0.792. The van der Waals surface area contributed by atoms with Gasteiger partial charge < -0.3 is 14.4 Å². The van der Waals surface area contributed by atoms with E-state index in [1.807, 2.05) is 6.07 Å². The second-order valence-electron chi connectivity index (χ2n) is 4.60. The monoisotopic (exact) mass is 251 g/mol. The van der Waals surface area contributed by atoms with Crippen molar-refractivity contribution in [3.05, 3.63) is 23.8 Å². The lowest BCUT2D eigenvalue weighted by atomic mass is 10.1. The van der Waals surface area contributed by atoms with Gasteiger partial charge in [-0.25, -0.2) is 0 Å². The number of likely N-dealkylation sites (N-methyl/N-ethyl adjacent to an activating group) is 1. The van der Waals surface area contributed by atoms with Crippen molar-refractivity contribution in [1.82, 2.24) is 4.90 Å². The lowest BCUT2D eigenvalue weighted by Crippen LogP contribution is -2.22. The molecule has 0 bridgehead atoms. The maximum atomic E-state index is 5.31. The van der Waals surface area contributed by atoms with Gasteiger partial charge in [-0.2, -0.15) is 0 Å². The summed E-state index contributed by atoms with van der Waals surface area (Å²) in [6.45, 7) is 4.47. The van der Waals surface area contributed by atoms with Crippen molar-refractivity contribution < 1.29 is 9.47 Å². The number of unbranched alkanes of at least 4 members (excludes halogenated alkanes) is 1. The van der Waals surface area contributed by atoms with Crippen molar-refractivity contribution in [2.24, 2.45) is 0 Å². The summed E-state index contributed by atoms with van der Waals surface area (Å²) < 4.78 is 10.5. The molecular weight excluding hydrogens is 226 g/mol. The van der Waals surface area contributed by atoms with Gasteiger partial charge in [0.25, 0.3) is 0 Å². The van der Waals surface area contributed by atoms with Gasteiger partial charge in [0.2, 0.25) is 0 Å². The third-order valence-electron chi connectivity index (χ3n) is 3.12. The molecule has 1 aromatic rings. The second kappa shape index (κ2) is 7.98. The number of hydrogen-bond donors (Lipinski definition) is 0. The Morgan fingerprint density at radius 1 is 1.06 bits per heavy atom. The number of nitrogens with zero attached hydrogens (tertiary/aromatic N) is 1. The van der Waals surface area contributed by atoms with E-state index in [1.54, 1.807) is 14.2 Å². The Bertz CT molecular complexity index is 352. The summed E-state index contributed by atoms with van der Waals surface area (Å²) in [5.74, 6) is 1.60. The summed E-state index contributed by atoms with van der Waals surface area (Å²) in [6, 6.07) is 6.14. The third kappa shape index (κ3) is 4.57. The highest BCUT2D eigenvalue weighted by atomic mass is 16.5. The van der Waals surface area contributed by atoms with Crippen LogP contribution in [0.5, 0.6) is 11.5 Å². The molecule has 102 valence electrons. The normalized spacial score (nSPS) is 10.7. The van der Waals surface area contributed by atoms with Crippen LogP contribution in [-0.4, -0.2) is 39.3 Å². The molecule has 0 N–H and O–H groups in total. The summed E-state index contributed by atoms with van der Waals surface area (Å²) in [7, 11) is 5.52.